The minimum atomic E-state index is -1.79. The van der Waals surface area contributed by atoms with Gasteiger partial charge in [0, 0.05) is 0 Å². The van der Waals surface area contributed by atoms with Crippen molar-refractivity contribution < 1.29 is 50.1 Å². The molecular formula is C9H16O10. The molecule has 19 heavy (non-hydrogen) atoms. The van der Waals surface area contributed by atoms with Crippen LogP contribution in [0.2, 0.25) is 0 Å². The Hall–Kier alpha value is -1.59. The van der Waals surface area contributed by atoms with Gasteiger partial charge in [0.2, 0.25) is 0 Å². The maximum atomic E-state index is 9.76. The maximum absolute atomic E-state index is 9.76. The van der Waals surface area contributed by atoms with E-state index in [1.807, 2.05) is 0 Å². The molecule has 0 bridgehead atoms. The summed E-state index contributed by atoms with van der Waals surface area (Å²) < 4.78 is 0. The zero-order chi connectivity index (χ0) is 15.6. The number of carbonyl (C=O) groups is 3. The summed E-state index contributed by atoms with van der Waals surface area (Å²) in [5.41, 5.74) is 0. The Labute approximate surface area is 107 Å². The average molecular weight is 284 g/mol. The summed E-state index contributed by atoms with van der Waals surface area (Å²) in [6.45, 7) is -0.688. The fourth-order valence-corrected chi connectivity index (χ4v) is 0.669. The number of carbonyl (C=O) groups excluding carboxylic acids is 1. The van der Waals surface area contributed by atoms with Crippen molar-refractivity contribution in [2.24, 2.45) is 0 Å². The van der Waals surface area contributed by atoms with Crippen molar-refractivity contribution in [2.75, 3.05) is 6.61 Å². The number of aliphatic carboxylic acids is 2. The van der Waals surface area contributed by atoms with Gasteiger partial charge in [0.25, 0.3) is 0 Å². The fraction of sp³-hybridized carbons (Fsp3) is 0.667. The molecule has 0 aliphatic heterocycles. The summed E-state index contributed by atoms with van der Waals surface area (Å²) in [4.78, 5) is 29.2. The van der Waals surface area contributed by atoms with E-state index in [-0.39, 0.29) is 6.29 Å². The van der Waals surface area contributed by atoms with Gasteiger partial charge < -0.3 is 40.5 Å². The molecule has 0 amide bonds. The summed E-state index contributed by atoms with van der Waals surface area (Å²) in [7, 11) is 0. The third-order valence-corrected chi connectivity index (χ3v) is 1.72. The molecule has 0 aromatic heterocycles. The number of rotatable bonds is 7. The number of carboxylic acids is 2. The van der Waals surface area contributed by atoms with Crippen molar-refractivity contribution >= 4 is 18.2 Å². The van der Waals surface area contributed by atoms with Crippen LogP contribution in [0.25, 0.3) is 0 Å². The van der Waals surface area contributed by atoms with Crippen LogP contribution in [0, 0.1) is 0 Å². The average Bonchev–Trinajstić information content (AvgIpc) is 2.35. The second-order valence-electron chi connectivity index (χ2n) is 3.32. The molecule has 4 atom stereocenters. The van der Waals surface area contributed by atoms with E-state index in [2.05, 4.69) is 0 Å². The van der Waals surface area contributed by atoms with Crippen molar-refractivity contribution in [3.63, 3.8) is 0 Å². The zero-order valence-corrected chi connectivity index (χ0v) is 9.66. The van der Waals surface area contributed by atoms with Gasteiger partial charge in [0.05, 0.1) is 13.0 Å². The van der Waals surface area contributed by atoms with E-state index in [1.54, 1.807) is 0 Å². The Morgan fingerprint density at radius 3 is 1.74 bits per heavy atom. The van der Waals surface area contributed by atoms with E-state index in [9.17, 15) is 14.4 Å². The SMILES string of the molecule is O=C(O)CC(O)C(=O)O.O=C[C@H](O)[C@H](O)[C@H](O)CO. The Balaban J connectivity index is 0. The fourth-order valence-electron chi connectivity index (χ4n) is 0.669. The van der Waals surface area contributed by atoms with E-state index in [1.165, 1.54) is 0 Å². The highest BCUT2D eigenvalue weighted by molar-refractivity contribution is 5.79. The molecule has 0 saturated heterocycles. The van der Waals surface area contributed by atoms with Gasteiger partial charge in [-0.05, 0) is 0 Å². The van der Waals surface area contributed by atoms with Gasteiger partial charge in [-0.25, -0.2) is 4.79 Å². The number of aliphatic hydroxyl groups is 5. The smallest absolute Gasteiger partial charge is 0.333 e. The van der Waals surface area contributed by atoms with Gasteiger partial charge in [-0.3, -0.25) is 4.79 Å². The van der Waals surface area contributed by atoms with Crippen LogP contribution in [0.15, 0.2) is 0 Å². The molecule has 0 spiro atoms. The number of hydrogen-bond acceptors (Lipinski definition) is 8. The summed E-state index contributed by atoms with van der Waals surface area (Å²) in [6, 6.07) is 0. The first kappa shape index (κ1) is 19.7. The number of aliphatic hydroxyl groups excluding tert-OH is 5. The standard InChI is InChI=1S/C5H10O5.C4H6O5/c6-1-3(8)5(10)4(9)2-7;5-2(4(8)9)1-3(6)7/h1,3-5,7-10H,2H2;2,5H,1H2,(H,6,7)(H,8,9)/t3-,4+,5-;/m0./s1. The van der Waals surface area contributed by atoms with Crippen molar-refractivity contribution in [2.45, 2.75) is 30.8 Å². The van der Waals surface area contributed by atoms with Crippen LogP contribution < -0.4 is 0 Å². The summed E-state index contributed by atoms with van der Waals surface area (Å²) in [6.07, 6.45) is -7.17. The first-order chi connectivity index (χ1) is 8.67. The molecule has 0 heterocycles. The Bertz CT molecular complexity index is 291. The highest BCUT2D eigenvalue weighted by Gasteiger charge is 2.22. The molecule has 0 aromatic rings. The predicted molar refractivity (Wildman–Crippen MR) is 57.1 cm³/mol. The molecule has 0 rings (SSSR count). The minimum absolute atomic E-state index is 0.0869. The van der Waals surface area contributed by atoms with Crippen molar-refractivity contribution in [1.29, 1.82) is 0 Å². The van der Waals surface area contributed by atoms with Gasteiger partial charge >= 0.3 is 11.9 Å². The summed E-state index contributed by atoms with van der Waals surface area (Å²) in [5.74, 6) is -2.85. The van der Waals surface area contributed by atoms with Gasteiger partial charge in [0.1, 0.15) is 18.3 Å². The first-order valence-electron chi connectivity index (χ1n) is 4.90. The molecule has 0 radical (unpaired) electrons. The van der Waals surface area contributed by atoms with Gasteiger partial charge in [-0.15, -0.1) is 0 Å². The van der Waals surface area contributed by atoms with Crippen LogP contribution in [-0.4, -0.2) is 85.0 Å². The molecule has 0 aliphatic carbocycles. The second-order valence-corrected chi connectivity index (χ2v) is 3.32. The van der Waals surface area contributed by atoms with Crippen LogP contribution in [0.1, 0.15) is 6.42 Å². The van der Waals surface area contributed by atoms with Crippen molar-refractivity contribution in [1.82, 2.24) is 0 Å². The lowest BCUT2D eigenvalue weighted by Gasteiger charge is -2.16. The van der Waals surface area contributed by atoms with Gasteiger partial charge in [-0.2, -0.15) is 0 Å². The molecule has 10 nitrogen and oxygen atoms in total. The zero-order valence-electron chi connectivity index (χ0n) is 9.66. The highest BCUT2D eigenvalue weighted by Crippen LogP contribution is 1.96. The molecule has 0 aliphatic rings. The normalized spacial score (nSPS) is 16.3. The van der Waals surface area contributed by atoms with Crippen LogP contribution in [0.4, 0.5) is 0 Å². The lowest BCUT2D eigenvalue weighted by atomic mass is 10.1. The molecular weight excluding hydrogens is 268 g/mol. The van der Waals surface area contributed by atoms with E-state index < -0.39 is 49.4 Å². The predicted octanol–water partition coefficient (Wildman–Crippen LogP) is -3.83. The third-order valence-electron chi connectivity index (χ3n) is 1.72. The van der Waals surface area contributed by atoms with Crippen LogP contribution in [0.3, 0.4) is 0 Å². The quantitative estimate of drug-likeness (QED) is 0.228. The molecule has 10 heteroatoms. The van der Waals surface area contributed by atoms with Crippen LogP contribution >= 0.6 is 0 Å². The molecule has 112 valence electrons. The Kier molecular flexibility index (Phi) is 10.7. The number of carboxylic acid groups (broad SMARTS) is 2. The van der Waals surface area contributed by atoms with Crippen LogP contribution in [0.5, 0.6) is 0 Å². The molecule has 7 N–H and O–H groups in total. The third kappa shape index (κ3) is 10.1. The minimum Gasteiger partial charge on any atom is -0.481 e. The molecule has 1 unspecified atom stereocenters. The number of aldehydes is 1. The number of hydrogen-bond donors (Lipinski definition) is 7. The first-order valence-corrected chi connectivity index (χ1v) is 4.90. The lowest BCUT2D eigenvalue weighted by Crippen LogP contribution is -2.40. The Morgan fingerprint density at radius 1 is 1.05 bits per heavy atom. The van der Waals surface area contributed by atoms with E-state index in [4.69, 9.17) is 35.7 Å². The van der Waals surface area contributed by atoms with E-state index >= 15 is 0 Å². The molecule has 0 fully saturated rings. The summed E-state index contributed by atoms with van der Waals surface area (Å²) >= 11 is 0. The monoisotopic (exact) mass is 284 g/mol. The molecule has 0 aromatic carbocycles. The largest absolute Gasteiger partial charge is 0.481 e. The van der Waals surface area contributed by atoms with Gasteiger partial charge in [-0.1, -0.05) is 0 Å². The van der Waals surface area contributed by atoms with Crippen molar-refractivity contribution in [3.8, 4) is 0 Å². The highest BCUT2D eigenvalue weighted by atomic mass is 16.4. The topological polar surface area (TPSA) is 193 Å². The summed E-state index contributed by atoms with van der Waals surface area (Å²) in [5, 5.41) is 58.2. The van der Waals surface area contributed by atoms with Crippen molar-refractivity contribution in [3.05, 3.63) is 0 Å². The van der Waals surface area contributed by atoms with E-state index in [0.717, 1.165) is 0 Å². The van der Waals surface area contributed by atoms with Crippen LogP contribution in [-0.2, 0) is 14.4 Å². The van der Waals surface area contributed by atoms with E-state index in [0.29, 0.717) is 0 Å². The maximum Gasteiger partial charge on any atom is 0.333 e. The second kappa shape index (κ2) is 10.3. The lowest BCUT2D eigenvalue weighted by molar-refractivity contribution is -0.152. The Morgan fingerprint density at radius 2 is 1.53 bits per heavy atom. The molecule has 0 saturated carbocycles. The van der Waals surface area contributed by atoms with Gasteiger partial charge in [0.15, 0.2) is 12.4 Å².